The number of rotatable bonds is 3. The van der Waals surface area contributed by atoms with Gasteiger partial charge in [0.05, 0.1) is 5.69 Å². The predicted molar refractivity (Wildman–Crippen MR) is 86.0 cm³/mol. The molecule has 4 nitrogen and oxygen atoms in total. The average molecular weight is 369 g/mol. The maximum absolute atomic E-state index is 13.6. The van der Waals surface area contributed by atoms with Crippen molar-refractivity contribution in [3.05, 3.63) is 57.8 Å². The summed E-state index contributed by atoms with van der Waals surface area (Å²) in [4.78, 5) is 12.3. The van der Waals surface area contributed by atoms with Crippen LogP contribution >= 0.6 is 28.1 Å². The molecule has 2 rings (SSSR count). The summed E-state index contributed by atoms with van der Waals surface area (Å²) in [7, 11) is 0. The molecule has 2 aromatic rings. The fourth-order valence-corrected chi connectivity index (χ4v) is 2.30. The Kier molecular flexibility index (Phi) is 4.54. The van der Waals surface area contributed by atoms with Gasteiger partial charge in [-0.3, -0.25) is 4.79 Å². The number of aromatic hydroxyl groups is 1. The molecule has 0 aliphatic rings. The maximum Gasteiger partial charge on any atom is 0.262 e. The highest BCUT2D eigenvalue weighted by atomic mass is 79.9. The molecular weight excluding hydrogens is 359 g/mol. The molecule has 0 unspecified atom stereocenters. The Morgan fingerprint density at radius 1 is 1.33 bits per heavy atom. The van der Waals surface area contributed by atoms with Crippen molar-refractivity contribution in [2.75, 3.05) is 5.32 Å². The molecule has 0 aromatic heterocycles. The topological polar surface area (TPSA) is 75.3 Å². The average Bonchev–Trinajstić information content (AvgIpc) is 2.40. The molecule has 0 aliphatic carbocycles. The minimum atomic E-state index is -0.802. The highest BCUT2D eigenvalue weighted by Gasteiger charge is 2.17. The lowest BCUT2D eigenvalue weighted by Crippen LogP contribution is -2.15. The second-order valence-electron chi connectivity index (χ2n) is 4.15. The summed E-state index contributed by atoms with van der Waals surface area (Å²) in [6.07, 6.45) is 0. The summed E-state index contributed by atoms with van der Waals surface area (Å²) in [6, 6.07) is 8.49. The Morgan fingerprint density at radius 3 is 2.62 bits per heavy atom. The zero-order chi connectivity index (χ0) is 15.6. The zero-order valence-electron chi connectivity index (χ0n) is 10.6. The Morgan fingerprint density at radius 2 is 2.05 bits per heavy atom. The van der Waals surface area contributed by atoms with Crippen LogP contribution in [0, 0.1) is 5.82 Å². The number of carbonyl (C=O) groups is 1. The predicted octanol–water partition coefficient (Wildman–Crippen LogP) is 3.18. The monoisotopic (exact) mass is 368 g/mol. The molecule has 2 aromatic carbocycles. The van der Waals surface area contributed by atoms with Gasteiger partial charge in [-0.1, -0.05) is 18.3 Å². The van der Waals surface area contributed by atoms with Gasteiger partial charge in [-0.2, -0.15) is 0 Å². The Labute approximate surface area is 133 Å². The number of carbonyl (C=O) groups excluding carboxylic acids is 1. The van der Waals surface area contributed by atoms with Crippen LogP contribution in [0.3, 0.4) is 0 Å². The van der Waals surface area contributed by atoms with Crippen molar-refractivity contribution < 1.29 is 14.3 Å². The van der Waals surface area contributed by atoms with Crippen molar-refractivity contribution in [1.29, 1.82) is 0 Å². The third kappa shape index (κ3) is 3.37. The summed E-state index contributed by atoms with van der Waals surface area (Å²) in [5.74, 6) is -1.99. The van der Waals surface area contributed by atoms with Crippen LogP contribution in [0.5, 0.6) is 5.75 Å². The van der Waals surface area contributed by atoms with Crippen LogP contribution in [0.15, 0.2) is 40.9 Å². The summed E-state index contributed by atoms with van der Waals surface area (Å²) in [6.45, 7) is 0. The Bertz CT molecular complexity index is 717. The molecule has 0 aliphatic heterocycles. The van der Waals surface area contributed by atoms with E-state index in [0.29, 0.717) is 15.7 Å². The van der Waals surface area contributed by atoms with Gasteiger partial charge in [0.2, 0.25) is 0 Å². The van der Waals surface area contributed by atoms with Gasteiger partial charge in [-0.05, 0) is 46.3 Å². The molecule has 21 heavy (non-hydrogen) atoms. The normalized spacial score (nSPS) is 10.2. The van der Waals surface area contributed by atoms with Gasteiger partial charge in [-0.25, -0.2) is 4.39 Å². The van der Waals surface area contributed by atoms with Crippen molar-refractivity contribution in [2.45, 2.75) is 0 Å². The Balaban J connectivity index is 2.30. The van der Waals surface area contributed by atoms with Gasteiger partial charge in [0.15, 0.2) is 0 Å². The molecule has 0 spiro atoms. The minimum Gasteiger partial charge on any atom is -0.507 e. The minimum absolute atomic E-state index is 0.223. The number of phenolic OH excluding ortho intramolecular Hbond substituents is 1. The van der Waals surface area contributed by atoms with Crippen LogP contribution in [0.25, 0.3) is 0 Å². The van der Waals surface area contributed by atoms with Gasteiger partial charge in [0.1, 0.15) is 22.1 Å². The van der Waals surface area contributed by atoms with E-state index < -0.39 is 23.0 Å². The first-order chi connectivity index (χ1) is 9.90. The molecule has 0 saturated carbocycles. The molecule has 0 saturated heterocycles. The van der Waals surface area contributed by atoms with E-state index in [9.17, 15) is 14.3 Å². The maximum atomic E-state index is 13.6. The number of benzene rings is 2. The number of nitrogens with two attached hydrogens (primary N) is 1. The van der Waals surface area contributed by atoms with Crippen LogP contribution in [0.4, 0.5) is 10.1 Å². The number of phenols is 1. The van der Waals surface area contributed by atoms with Crippen LogP contribution in [0.2, 0.25) is 0 Å². The SMILES string of the molecule is NC(=S)c1ccc(NC(=O)c2c(O)cccc2F)c(Br)c1. The van der Waals surface area contributed by atoms with Crippen molar-refractivity contribution >= 4 is 44.7 Å². The number of nitrogens with one attached hydrogen (secondary N) is 1. The van der Waals surface area contributed by atoms with E-state index in [1.165, 1.54) is 12.1 Å². The van der Waals surface area contributed by atoms with E-state index in [1.807, 2.05) is 0 Å². The van der Waals surface area contributed by atoms with Crippen LogP contribution in [0.1, 0.15) is 15.9 Å². The first kappa shape index (κ1) is 15.4. The Hall–Kier alpha value is -1.99. The standard InChI is InChI=1S/C14H10BrFN2O2S/c15-8-6-7(13(17)21)4-5-10(8)18-14(20)12-9(16)2-1-3-11(12)19/h1-6,19H,(H2,17,21)(H,18,20). The van der Waals surface area contributed by atoms with Gasteiger partial charge in [-0.15, -0.1) is 0 Å². The third-order valence-corrected chi connectivity index (χ3v) is 3.61. The van der Waals surface area contributed by atoms with Crippen LogP contribution in [-0.4, -0.2) is 16.0 Å². The number of thiocarbonyl (C=S) groups is 1. The van der Waals surface area contributed by atoms with Crippen LogP contribution < -0.4 is 11.1 Å². The van der Waals surface area contributed by atoms with E-state index >= 15 is 0 Å². The second-order valence-corrected chi connectivity index (χ2v) is 5.44. The first-order valence-electron chi connectivity index (χ1n) is 5.78. The molecule has 108 valence electrons. The number of hydrogen-bond donors (Lipinski definition) is 3. The highest BCUT2D eigenvalue weighted by molar-refractivity contribution is 9.10. The highest BCUT2D eigenvalue weighted by Crippen LogP contribution is 2.26. The smallest absolute Gasteiger partial charge is 0.262 e. The number of halogens is 2. The molecular formula is C14H10BrFN2O2S. The lowest BCUT2D eigenvalue weighted by atomic mass is 10.1. The van der Waals surface area contributed by atoms with Gasteiger partial charge in [0.25, 0.3) is 5.91 Å². The third-order valence-electron chi connectivity index (χ3n) is 2.72. The van der Waals surface area contributed by atoms with Crippen molar-refractivity contribution in [3.8, 4) is 5.75 Å². The molecule has 4 N–H and O–H groups in total. The van der Waals surface area contributed by atoms with E-state index in [2.05, 4.69) is 21.2 Å². The van der Waals surface area contributed by atoms with E-state index in [4.69, 9.17) is 18.0 Å². The number of anilines is 1. The molecule has 0 radical (unpaired) electrons. The van der Waals surface area contributed by atoms with Crippen LogP contribution in [-0.2, 0) is 0 Å². The number of amides is 1. The zero-order valence-corrected chi connectivity index (χ0v) is 13.0. The lowest BCUT2D eigenvalue weighted by Gasteiger charge is -2.10. The number of hydrogen-bond acceptors (Lipinski definition) is 3. The van der Waals surface area contributed by atoms with Crippen molar-refractivity contribution in [1.82, 2.24) is 0 Å². The summed E-state index contributed by atoms with van der Waals surface area (Å²) >= 11 is 8.12. The molecule has 0 heterocycles. The summed E-state index contributed by atoms with van der Waals surface area (Å²) < 4.78 is 14.1. The largest absolute Gasteiger partial charge is 0.507 e. The van der Waals surface area contributed by atoms with E-state index in [1.54, 1.807) is 18.2 Å². The quantitative estimate of drug-likeness (QED) is 0.727. The van der Waals surface area contributed by atoms with Crippen molar-refractivity contribution in [2.24, 2.45) is 5.73 Å². The molecule has 0 fully saturated rings. The van der Waals surface area contributed by atoms with E-state index in [-0.39, 0.29) is 4.99 Å². The lowest BCUT2D eigenvalue weighted by molar-refractivity contribution is 0.102. The van der Waals surface area contributed by atoms with Gasteiger partial charge in [0, 0.05) is 10.0 Å². The summed E-state index contributed by atoms with van der Waals surface area (Å²) in [5, 5.41) is 12.1. The molecule has 1 amide bonds. The molecule has 0 bridgehead atoms. The van der Waals surface area contributed by atoms with Gasteiger partial charge >= 0.3 is 0 Å². The van der Waals surface area contributed by atoms with Crippen molar-refractivity contribution in [3.63, 3.8) is 0 Å². The fraction of sp³-hybridized carbons (Fsp3) is 0. The van der Waals surface area contributed by atoms with E-state index in [0.717, 1.165) is 6.07 Å². The molecule has 0 atom stereocenters. The van der Waals surface area contributed by atoms with Gasteiger partial charge < -0.3 is 16.2 Å². The second kappa shape index (κ2) is 6.19. The molecule has 7 heteroatoms. The first-order valence-corrected chi connectivity index (χ1v) is 6.98. The summed E-state index contributed by atoms with van der Waals surface area (Å²) in [5.41, 5.74) is 6.12. The fourth-order valence-electron chi connectivity index (χ4n) is 1.69.